The predicted molar refractivity (Wildman–Crippen MR) is 105 cm³/mol. The highest BCUT2D eigenvalue weighted by atomic mass is 35.5. The van der Waals surface area contributed by atoms with Gasteiger partial charge in [0.1, 0.15) is 0 Å². The van der Waals surface area contributed by atoms with Crippen LogP contribution in [0.4, 0.5) is 0 Å². The summed E-state index contributed by atoms with van der Waals surface area (Å²) in [5.74, 6) is -0.254. The zero-order chi connectivity index (χ0) is 18.9. The van der Waals surface area contributed by atoms with Gasteiger partial charge in [-0.15, -0.1) is 0 Å². The molecule has 138 valence electrons. The van der Waals surface area contributed by atoms with Crippen molar-refractivity contribution in [1.82, 2.24) is 4.90 Å². The van der Waals surface area contributed by atoms with Crippen molar-refractivity contribution in [2.75, 3.05) is 11.5 Å². The van der Waals surface area contributed by atoms with E-state index in [1.165, 1.54) is 0 Å². The highest BCUT2D eigenvalue weighted by molar-refractivity contribution is 7.91. The van der Waals surface area contributed by atoms with E-state index in [2.05, 4.69) is 0 Å². The molecule has 0 aromatic heterocycles. The van der Waals surface area contributed by atoms with Crippen LogP contribution in [0.15, 0.2) is 42.5 Å². The number of sulfone groups is 1. The molecule has 1 aliphatic heterocycles. The molecule has 2 aromatic carbocycles. The number of halogens is 3. The minimum Gasteiger partial charge on any atom is -0.330 e. The van der Waals surface area contributed by atoms with Crippen molar-refractivity contribution in [3.8, 4) is 0 Å². The van der Waals surface area contributed by atoms with Gasteiger partial charge in [0, 0.05) is 33.2 Å². The van der Waals surface area contributed by atoms with Crippen molar-refractivity contribution in [1.29, 1.82) is 0 Å². The van der Waals surface area contributed by atoms with Crippen LogP contribution in [0.2, 0.25) is 15.1 Å². The van der Waals surface area contributed by atoms with Crippen molar-refractivity contribution in [3.05, 3.63) is 68.7 Å². The van der Waals surface area contributed by atoms with Gasteiger partial charge in [-0.05, 0) is 42.3 Å². The van der Waals surface area contributed by atoms with Crippen LogP contribution in [0.25, 0.3) is 0 Å². The molecule has 3 rings (SSSR count). The summed E-state index contributed by atoms with van der Waals surface area (Å²) in [5.41, 5.74) is 1.11. The summed E-state index contributed by atoms with van der Waals surface area (Å²) >= 11 is 18.2. The summed E-state index contributed by atoms with van der Waals surface area (Å²) < 4.78 is 23.8. The lowest BCUT2D eigenvalue weighted by molar-refractivity contribution is 0.0681. The number of carbonyl (C=O) groups is 1. The molecule has 1 saturated heterocycles. The maximum absolute atomic E-state index is 13.1. The zero-order valence-electron chi connectivity index (χ0n) is 13.7. The molecular weight excluding hydrogens is 417 g/mol. The van der Waals surface area contributed by atoms with Crippen LogP contribution in [0, 0.1) is 0 Å². The fourth-order valence-corrected chi connectivity index (χ4v) is 5.40. The third-order valence-electron chi connectivity index (χ3n) is 4.34. The highest BCUT2D eigenvalue weighted by Crippen LogP contribution is 2.27. The molecule has 1 heterocycles. The van der Waals surface area contributed by atoms with E-state index in [1.807, 2.05) is 0 Å². The second kappa shape index (κ2) is 7.77. The third-order valence-corrected chi connectivity index (χ3v) is 6.91. The van der Waals surface area contributed by atoms with Gasteiger partial charge in [0.2, 0.25) is 0 Å². The van der Waals surface area contributed by atoms with Gasteiger partial charge in [-0.3, -0.25) is 4.79 Å². The predicted octanol–water partition coefficient (Wildman–Crippen LogP) is 4.48. The molecule has 1 amide bonds. The van der Waals surface area contributed by atoms with Gasteiger partial charge in [0.05, 0.1) is 11.5 Å². The van der Waals surface area contributed by atoms with Crippen LogP contribution in [-0.4, -0.2) is 36.8 Å². The summed E-state index contributed by atoms with van der Waals surface area (Å²) in [6.45, 7) is 0.196. The Bertz CT molecular complexity index is 946. The molecular formula is C18H16Cl3NO3S. The minimum atomic E-state index is -3.15. The number of carbonyl (C=O) groups excluding carboxylic acids is 1. The quantitative estimate of drug-likeness (QED) is 0.716. The van der Waals surface area contributed by atoms with Crippen LogP contribution in [0.5, 0.6) is 0 Å². The van der Waals surface area contributed by atoms with Crippen molar-refractivity contribution in [2.45, 2.75) is 19.0 Å². The monoisotopic (exact) mass is 431 g/mol. The molecule has 0 N–H and O–H groups in total. The standard InChI is InChI=1S/C18H16Cl3NO3S/c19-14-3-1-2-12(8-14)18(23)22(16-6-7-26(24,25)11-16)10-13-4-5-15(20)9-17(13)21/h1-5,8-9,16H,6-7,10-11H2/t16-/m1/s1. The highest BCUT2D eigenvalue weighted by Gasteiger charge is 2.35. The average molecular weight is 433 g/mol. The molecule has 26 heavy (non-hydrogen) atoms. The van der Waals surface area contributed by atoms with Gasteiger partial charge in [0.25, 0.3) is 5.91 Å². The molecule has 0 radical (unpaired) electrons. The molecule has 1 atom stereocenters. The van der Waals surface area contributed by atoms with Gasteiger partial charge < -0.3 is 4.90 Å². The van der Waals surface area contributed by atoms with Crippen LogP contribution in [0.3, 0.4) is 0 Å². The lowest BCUT2D eigenvalue weighted by atomic mass is 10.1. The van der Waals surface area contributed by atoms with Crippen LogP contribution in [0.1, 0.15) is 22.3 Å². The van der Waals surface area contributed by atoms with E-state index in [-0.39, 0.29) is 24.0 Å². The molecule has 0 aliphatic carbocycles. The number of benzene rings is 2. The fraction of sp³-hybridized carbons (Fsp3) is 0.278. The van der Waals surface area contributed by atoms with E-state index >= 15 is 0 Å². The van der Waals surface area contributed by atoms with E-state index in [9.17, 15) is 13.2 Å². The van der Waals surface area contributed by atoms with E-state index in [0.29, 0.717) is 32.6 Å². The van der Waals surface area contributed by atoms with Crippen molar-refractivity contribution >= 4 is 50.5 Å². The Balaban J connectivity index is 1.95. The van der Waals surface area contributed by atoms with Crippen LogP contribution < -0.4 is 0 Å². The Hall–Kier alpha value is -1.27. The second-order valence-corrected chi connectivity index (χ2v) is 9.74. The number of rotatable bonds is 4. The first-order chi connectivity index (χ1) is 12.2. The summed E-state index contributed by atoms with van der Waals surface area (Å²) in [7, 11) is -3.15. The molecule has 0 spiro atoms. The lowest BCUT2D eigenvalue weighted by Crippen LogP contribution is -2.40. The molecule has 0 unspecified atom stereocenters. The van der Waals surface area contributed by atoms with E-state index in [1.54, 1.807) is 47.4 Å². The summed E-state index contributed by atoms with van der Waals surface area (Å²) in [5, 5.41) is 1.37. The third kappa shape index (κ3) is 4.52. The Kier molecular flexibility index (Phi) is 5.82. The first kappa shape index (κ1) is 19.5. The fourth-order valence-electron chi connectivity index (χ4n) is 3.01. The van der Waals surface area contributed by atoms with Crippen LogP contribution in [-0.2, 0) is 16.4 Å². The van der Waals surface area contributed by atoms with Gasteiger partial charge in [-0.2, -0.15) is 0 Å². The lowest BCUT2D eigenvalue weighted by Gasteiger charge is -2.29. The first-order valence-electron chi connectivity index (χ1n) is 7.96. The second-order valence-electron chi connectivity index (χ2n) is 6.24. The Morgan fingerprint density at radius 1 is 1.08 bits per heavy atom. The Labute approximate surface area is 167 Å². The topological polar surface area (TPSA) is 54.5 Å². The van der Waals surface area contributed by atoms with Crippen molar-refractivity contribution in [3.63, 3.8) is 0 Å². The largest absolute Gasteiger partial charge is 0.330 e. The Morgan fingerprint density at radius 2 is 1.81 bits per heavy atom. The van der Waals surface area contributed by atoms with Gasteiger partial charge >= 0.3 is 0 Å². The number of nitrogens with zero attached hydrogens (tertiary/aromatic N) is 1. The van der Waals surface area contributed by atoms with E-state index in [4.69, 9.17) is 34.8 Å². The molecule has 0 bridgehead atoms. The van der Waals surface area contributed by atoms with Crippen molar-refractivity contribution < 1.29 is 13.2 Å². The van der Waals surface area contributed by atoms with E-state index < -0.39 is 15.9 Å². The van der Waals surface area contributed by atoms with Gasteiger partial charge in [-0.25, -0.2) is 8.42 Å². The van der Waals surface area contributed by atoms with E-state index in [0.717, 1.165) is 0 Å². The SMILES string of the molecule is O=C(c1cccc(Cl)c1)N(Cc1ccc(Cl)cc1Cl)[C@@H]1CCS(=O)(=O)C1. The zero-order valence-corrected chi connectivity index (χ0v) is 16.7. The van der Waals surface area contributed by atoms with Gasteiger partial charge in [0.15, 0.2) is 9.84 Å². The smallest absolute Gasteiger partial charge is 0.254 e. The summed E-state index contributed by atoms with van der Waals surface area (Å²) in [6, 6.07) is 11.2. The van der Waals surface area contributed by atoms with Crippen molar-refractivity contribution in [2.24, 2.45) is 0 Å². The molecule has 0 saturated carbocycles. The summed E-state index contributed by atoms with van der Waals surface area (Å²) in [6.07, 6.45) is 0.403. The maximum atomic E-state index is 13.1. The normalized spacial score (nSPS) is 18.7. The molecule has 1 fully saturated rings. The minimum absolute atomic E-state index is 0.0511. The number of hydrogen-bond acceptors (Lipinski definition) is 3. The molecule has 2 aromatic rings. The first-order valence-corrected chi connectivity index (χ1v) is 10.9. The summed E-state index contributed by atoms with van der Waals surface area (Å²) in [4.78, 5) is 14.6. The van der Waals surface area contributed by atoms with Gasteiger partial charge in [-0.1, -0.05) is 46.9 Å². The number of hydrogen-bond donors (Lipinski definition) is 0. The molecule has 8 heteroatoms. The maximum Gasteiger partial charge on any atom is 0.254 e. The molecule has 4 nitrogen and oxygen atoms in total. The molecule has 1 aliphatic rings. The number of amides is 1. The Morgan fingerprint density at radius 3 is 2.42 bits per heavy atom. The average Bonchev–Trinajstić information content (AvgIpc) is 2.93. The van der Waals surface area contributed by atoms with Crippen LogP contribution >= 0.6 is 34.8 Å².